The van der Waals surface area contributed by atoms with Crippen molar-refractivity contribution in [2.24, 2.45) is 0 Å². The second kappa shape index (κ2) is 7.08. The summed E-state index contributed by atoms with van der Waals surface area (Å²) in [7, 11) is -0.00704. The van der Waals surface area contributed by atoms with E-state index in [9.17, 15) is 13.2 Å². The highest BCUT2D eigenvalue weighted by Gasteiger charge is 2.31. The zero-order chi connectivity index (χ0) is 18.9. The lowest BCUT2D eigenvalue weighted by Gasteiger charge is -2.15. The van der Waals surface area contributed by atoms with Crippen molar-refractivity contribution < 1.29 is 17.6 Å². The van der Waals surface area contributed by atoms with Crippen molar-refractivity contribution in [1.82, 2.24) is 9.29 Å². The Bertz CT molecular complexity index is 915. The molecule has 8 nitrogen and oxygen atoms in total. The van der Waals surface area contributed by atoms with Crippen LogP contribution in [0, 0.1) is 6.92 Å². The molecule has 0 unspecified atom stereocenters. The van der Waals surface area contributed by atoms with Crippen LogP contribution < -0.4 is 10.2 Å². The van der Waals surface area contributed by atoms with E-state index in [2.05, 4.69) is 10.3 Å². The smallest absolute Gasteiger partial charge is 0.291 e. The molecule has 9 heteroatoms. The minimum absolute atomic E-state index is 0.0450. The lowest BCUT2D eigenvalue weighted by Crippen LogP contribution is -2.28. The SMILES string of the molecule is Cc1oc(C(=O)Nc2cccnc2N(C)C)cc1S(=O)(=O)N1CCCC1. The number of aromatic nitrogens is 1. The lowest BCUT2D eigenvalue weighted by molar-refractivity contribution is 0.0995. The number of nitrogens with zero attached hydrogens (tertiary/aromatic N) is 3. The van der Waals surface area contributed by atoms with E-state index in [1.807, 2.05) is 14.1 Å². The molecule has 26 heavy (non-hydrogen) atoms. The van der Waals surface area contributed by atoms with Crippen LogP contribution >= 0.6 is 0 Å². The van der Waals surface area contributed by atoms with E-state index in [1.54, 1.807) is 30.2 Å². The van der Waals surface area contributed by atoms with Gasteiger partial charge in [-0.2, -0.15) is 4.31 Å². The Morgan fingerprint density at radius 3 is 2.65 bits per heavy atom. The summed E-state index contributed by atoms with van der Waals surface area (Å²) in [5, 5.41) is 2.72. The van der Waals surface area contributed by atoms with Gasteiger partial charge in [-0.3, -0.25) is 4.79 Å². The van der Waals surface area contributed by atoms with Gasteiger partial charge in [-0.05, 0) is 31.9 Å². The number of hydrogen-bond donors (Lipinski definition) is 1. The number of carbonyl (C=O) groups is 1. The second-order valence-electron chi connectivity index (χ2n) is 6.37. The fraction of sp³-hybridized carbons (Fsp3) is 0.412. The minimum Gasteiger partial charge on any atom is -0.455 e. The Morgan fingerprint density at radius 1 is 1.31 bits per heavy atom. The first kappa shape index (κ1) is 18.4. The molecule has 2 aromatic heterocycles. The molecule has 1 N–H and O–H groups in total. The first-order valence-corrected chi connectivity index (χ1v) is 9.79. The van der Waals surface area contributed by atoms with Gasteiger partial charge >= 0.3 is 0 Å². The van der Waals surface area contributed by atoms with Gasteiger partial charge in [0.2, 0.25) is 10.0 Å². The predicted octanol–water partition coefficient (Wildman–Crippen LogP) is 2.09. The number of hydrogen-bond acceptors (Lipinski definition) is 6. The number of carbonyl (C=O) groups excluding carboxylic acids is 1. The third-order valence-electron chi connectivity index (χ3n) is 4.24. The summed E-state index contributed by atoms with van der Waals surface area (Å²) < 4.78 is 32.3. The molecule has 3 rings (SSSR count). The summed E-state index contributed by atoms with van der Waals surface area (Å²) in [5.41, 5.74) is 0.514. The van der Waals surface area contributed by atoms with Crippen LogP contribution in [0.15, 0.2) is 33.7 Å². The maximum atomic E-state index is 12.7. The predicted molar refractivity (Wildman–Crippen MR) is 98.0 cm³/mol. The molecule has 1 aliphatic rings. The second-order valence-corrected chi connectivity index (χ2v) is 8.27. The summed E-state index contributed by atoms with van der Waals surface area (Å²) in [6.45, 7) is 2.54. The van der Waals surface area contributed by atoms with Gasteiger partial charge in [0.05, 0.1) is 5.69 Å². The van der Waals surface area contributed by atoms with Crippen molar-refractivity contribution in [2.75, 3.05) is 37.4 Å². The standard InChI is InChI=1S/C17H22N4O4S/c1-12-15(26(23,24)21-9-4-5-10-21)11-14(25-12)17(22)19-13-7-6-8-18-16(13)20(2)3/h6-8,11H,4-5,9-10H2,1-3H3,(H,19,22). The summed E-state index contributed by atoms with van der Waals surface area (Å²) >= 11 is 0. The fourth-order valence-electron chi connectivity index (χ4n) is 2.94. The summed E-state index contributed by atoms with van der Waals surface area (Å²) in [6, 6.07) is 4.72. The van der Waals surface area contributed by atoms with E-state index in [-0.39, 0.29) is 16.4 Å². The van der Waals surface area contributed by atoms with Crippen LogP contribution in [0.4, 0.5) is 11.5 Å². The van der Waals surface area contributed by atoms with Gasteiger partial charge in [-0.1, -0.05) is 0 Å². The van der Waals surface area contributed by atoms with E-state index in [1.165, 1.54) is 10.4 Å². The average Bonchev–Trinajstić information content (AvgIpc) is 3.25. The Balaban J connectivity index is 1.86. The quantitative estimate of drug-likeness (QED) is 0.856. The van der Waals surface area contributed by atoms with Crippen LogP contribution in [0.1, 0.15) is 29.2 Å². The molecule has 0 atom stereocenters. The van der Waals surface area contributed by atoms with Gasteiger partial charge in [0.15, 0.2) is 11.6 Å². The first-order valence-electron chi connectivity index (χ1n) is 8.35. The van der Waals surface area contributed by atoms with Gasteiger partial charge in [0.25, 0.3) is 5.91 Å². The maximum Gasteiger partial charge on any atom is 0.291 e. The van der Waals surface area contributed by atoms with Crippen LogP contribution in [0.2, 0.25) is 0 Å². The topological polar surface area (TPSA) is 95.7 Å². The number of aryl methyl sites for hydroxylation is 1. The summed E-state index contributed by atoms with van der Waals surface area (Å²) in [4.78, 5) is 18.6. The molecule has 1 saturated heterocycles. The Morgan fingerprint density at radius 2 is 2.00 bits per heavy atom. The molecule has 0 aliphatic carbocycles. The molecule has 0 aromatic carbocycles. The molecule has 1 amide bonds. The highest BCUT2D eigenvalue weighted by atomic mass is 32.2. The normalized spacial score (nSPS) is 15.2. The Labute approximate surface area is 152 Å². The van der Waals surface area contributed by atoms with Gasteiger partial charge < -0.3 is 14.6 Å². The molecule has 0 saturated carbocycles. The number of nitrogens with one attached hydrogen (secondary N) is 1. The third kappa shape index (κ3) is 3.45. The molecule has 0 radical (unpaired) electrons. The van der Waals surface area contributed by atoms with Crippen molar-refractivity contribution in [3.8, 4) is 0 Å². The molecular weight excluding hydrogens is 356 g/mol. The van der Waals surface area contributed by atoms with Crippen molar-refractivity contribution in [2.45, 2.75) is 24.7 Å². The summed E-state index contributed by atoms with van der Waals surface area (Å²) in [5.74, 6) is 0.232. The molecule has 0 bridgehead atoms. The monoisotopic (exact) mass is 378 g/mol. The van der Waals surface area contributed by atoms with E-state index >= 15 is 0 Å². The number of rotatable bonds is 5. The Hall–Kier alpha value is -2.39. The van der Waals surface area contributed by atoms with Gasteiger partial charge in [0, 0.05) is 39.4 Å². The molecule has 2 aromatic rings. The number of anilines is 2. The van der Waals surface area contributed by atoms with Crippen LogP contribution in [0.3, 0.4) is 0 Å². The number of sulfonamides is 1. The van der Waals surface area contributed by atoms with Crippen LogP contribution in [0.25, 0.3) is 0 Å². The van der Waals surface area contributed by atoms with Gasteiger partial charge in [0.1, 0.15) is 10.7 Å². The Kier molecular flexibility index (Phi) is 5.01. The van der Waals surface area contributed by atoms with Crippen LogP contribution in [-0.4, -0.2) is 50.8 Å². The largest absolute Gasteiger partial charge is 0.455 e. The highest BCUT2D eigenvalue weighted by molar-refractivity contribution is 7.89. The zero-order valence-electron chi connectivity index (χ0n) is 15.0. The van der Waals surface area contributed by atoms with Gasteiger partial charge in [-0.25, -0.2) is 13.4 Å². The lowest BCUT2D eigenvalue weighted by atomic mass is 10.3. The van der Waals surface area contributed by atoms with Gasteiger partial charge in [-0.15, -0.1) is 0 Å². The molecule has 1 fully saturated rings. The highest BCUT2D eigenvalue weighted by Crippen LogP contribution is 2.27. The van der Waals surface area contributed by atoms with Crippen molar-refractivity contribution in [1.29, 1.82) is 0 Å². The van der Waals surface area contributed by atoms with Crippen LogP contribution in [-0.2, 0) is 10.0 Å². The van der Waals surface area contributed by atoms with Crippen LogP contribution in [0.5, 0.6) is 0 Å². The van der Waals surface area contributed by atoms with E-state index < -0.39 is 15.9 Å². The van der Waals surface area contributed by atoms with Crippen molar-refractivity contribution in [3.05, 3.63) is 35.9 Å². The maximum absolute atomic E-state index is 12.7. The molecule has 0 spiro atoms. The van der Waals surface area contributed by atoms with Crippen molar-refractivity contribution in [3.63, 3.8) is 0 Å². The third-order valence-corrected chi connectivity index (χ3v) is 6.24. The molecule has 1 aliphatic heterocycles. The molecular formula is C17H22N4O4S. The van der Waals surface area contributed by atoms with E-state index in [4.69, 9.17) is 4.42 Å². The first-order chi connectivity index (χ1) is 12.3. The average molecular weight is 378 g/mol. The number of pyridine rings is 1. The summed E-state index contributed by atoms with van der Waals surface area (Å²) in [6.07, 6.45) is 3.32. The molecule has 140 valence electrons. The number of amides is 1. The molecule has 3 heterocycles. The van der Waals surface area contributed by atoms with E-state index in [0.29, 0.717) is 24.6 Å². The zero-order valence-corrected chi connectivity index (χ0v) is 15.8. The van der Waals surface area contributed by atoms with Crippen molar-refractivity contribution >= 4 is 27.4 Å². The number of furan rings is 1. The minimum atomic E-state index is -3.64. The fourth-order valence-corrected chi connectivity index (χ4v) is 4.61. The van der Waals surface area contributed by atoms with E-state index in [0.717, 1.165) is 12.8 Å².